The molecule has 1 saturated heterocycles. The smallest absolute Gasteiger partial charge is 0.222 e. The molecule has 2 aliphatic rings. The number of piperidine rings is 1. The highest BCUT2D eigenvalue weighted by Crippen LogP contribution is 2.30. The van der Waals surface area contributed by atoms with Gasteiger partial charge in [-0.1, -0.05) is 19.3 Å². The van der Waals surface area contributed by atoms with Crippen molar-refractivity contribution in [1.29, 1.82) is 0 Å². The molecular weight excluding hydrogens is 200 g/mol. The van der Waals surface area contributed by atoms with Gasteiger partial charge >= 0.3 is 0 Å². The fourth-order valence-corrected chi connectivity index (χ4v) is 2.68. The van der Waals surface area contributed by atoms with E-state index < -0.39 is 0 Å². The zero-order chi connectivity index (χ0) is 11.4. The molecule has 0 aromatic rings. The van der Waals surface area contributed by atoms with Gasteiger partial charge in [0.25, 0.3) is 0 Å². The number of nitrogens with one attached hydrogen (secondary N) is 1. The van der Waals surface area contributed by atoms with E-state index in [1.807, 2.05) is 11.9 Å². The van der Waals surface area contributed by atoms with E-state index in [0.29, 0.717) is 11.9 Å². The Morgan fingerprint density at radius 1 is 1.25 bits per heavy atom. The fraction of sp³-hybridized carbons (Fsp3) is 0.923. The van der Waals surface area contributed by atoms with Gasteiger partial charge in [-0.3, -0.25) is 4.79 Å². The maximum absolute atomic E-state index is 12.0. The maximum Gasteiger partial charge on any atom is 0.222 e. The van der Waals surface area contributed by atoms with Crippen molar-refractivity contribution in [2.24, 2.45) is 5.92 Å². The molecule has 1 aliphatic heterocycles. The first-order valence-corrected chi connectivity index (χ1v) is 6.74. The molecule has 0 radical (unpaired) electrons. The Morgan fingerprint density at radius 2 is 1.94 bits per heavy atom. The summed E-state index contributed by atoms with van der Waals surface area (Å²) in [5.74, 6) is 1.21. The SMILES string of the molecule is CN(C(=O)CCC1CCC1)C1CCNCC1. The monoisotopic (exact) mass is 224 g/mol. The van der Waals surface area contributed by atoms with Crippen molar-refractivity contribution in [3.05, 3.63) is 0 Å². The van der Waals surface area contributed by atoms with Gasteiger partial charge in [0.05, 0.1) is 0 Å². The van der Waals surface area contributed by atoms with Crippen molar-refractivity contribution < 1.29 is 4.79 Å². The molecule has 1 aliphatic carbocycles. The zero-order valence-electron chi connectivity index (χ0n) is 10.4. The molecule has 16 heavy (non-hydrogen) atoms. The molecule has 0 atom stereocenters. The molecule has 1 heterocycles. The van der Waals surface area contributed by atoms with Crippen LogP contribution in [-0.4, -0.2) is 37.0 Å². The van der Waals surface area contributed by atoms with E-state index in [0.717, 1.165) is 44.7 Å². The van der Waals surface area contributed by atoms with Gasteiger partial charge in [-0.2, -0.15) is 0 Å². The fourth-order valence-electron chi connectivity index (χ4n) is 2.68. The van der Waals surface area contributed by atoms with Crippen LogP contribution in [0, 0.1) is 5.92 Å². The molecule has 1 amide bonds. The van der Waals surface area contributed by atoms with Crippen LogP contribution in [-0.2, 0) is 4.79 Å². The quantitative estimate of drug-likeness (QED) is 0.789. The van der Waals surface area contributed by atoms with Gasteiger partial charge in [-0.05, 0) is 38.3 Å². The number of nitrogens with zero attached hydrogens (tertiary/aromatic N) is 1. The van der Waals surface area contributed by atoms with Gasteiger partial charge < -0.3 is 10.2 Å². The van der Waals surface area contributed by atoms with Crippen molar-refractivity contribution in [2.75, 3.05) is 20.1 Å². The standard InChI is InChI=1S/C13H24N2O/c1-15(12-7-9-14-10-8-12)13(16)6-5-11-3-2-4-11/h11-12,14H,2-10H2,1H3. The lowest BCUT2D eigenvalue weighted by Gasteiger charge is -2.32. The predicted molar refractivity (Wildman–Crippen MR) is 65.2 cm³/mol. The summed E-state index contributed by atoms with van der Waals surface area (Å²) in [5, 5.41) is 3.34. The van der Waals surface area contributed by atoms with Gasteiger partial charge in [0.15, 0.2) is 0 Å². The molecule has 2 rings (SSSR count). The van der Waals surface area contributed by atoms with Crippen molar-refractivity contribution in [1.82, 2.24) is 10.2 Å². The number of carbonyl (C=O) groups excluding carboxylic acids is 1. The second-order valence-corrected chi connectivity index (χ2v) is 5.32. The first-order chi connectivity index (χ1) is 7.77. The minimum atomic E-state index is 0.360. The third-order valence-electron chi connectivity index (χ3n) is 4.24. The van der Waals surface area contributed by atoms with E-state index in [1.54, 1.807) is 0 Å². The molecule has 3 heteroatoms. The van der Waals surface area contributed by atoms with E-state index in [2.05, 4.69) is 5.32 Å². The summed E-state index contributed by atoms with van der Waals surface area (Å²) in [6.45, 7) is 2.12. The summed E-state index contributed by atoms with van der Waals surface area (Å²) < 4.78 is 0. The van der Waals surface area contributed by atoms with Gasteiger partial charge in [-0.25, -0.2) is 0 Å². The van der Waals surface area contributed by atoms with Crippen LogP contribution in [0.4, 0.5) is 0 Å². The molecule has 1 saturated carbocycles. The second-order valence-electron chi connectivity index (χ2n) is 5.32. The largest absolute Gasteiger partial charge is 0.343 e. The summed E-state index contributed by atoms with van der Waals surface area (Å²) in [4.78, 5) is 14.0. The first kappa shape index (κ1) is 11.9. The summed E-state index contributed by atoms with van der Waals surface area (Å²) in [5.41, 5.74) is 0. The Bertz CT molecular complexity index is 232. The minimum Gasteiger partial charge on any atom is -0.343 e. The van der Waals surface area contributed by atoms with Gasteiger partial charge in [0.1, 0.15) is 0 Å². The lowest BCUT2D eigenvalue weighted by molar-refractivity contribution is -0.132. The Morgan fingerprint density at radius 3 is 2.50 bits per heavy atom. The molecule has 2 fully saturated rings. The van der Waals surface area contributed by atoms with Gasteiger partial charge in [-0.15, -0.1) is 0 Å². The lowest BCUT2D eigenvalue weighted by atomic mass is 9.82. The van der Waals surface area contributed by atoms with Crippen molar-refractivity contribution in [3.63, 3.8) is 0 Å². The Hall–Kier alpha value is -0.570. The molecule has 0 unspecified atom stereocenters. The number of rotatable bonds is 4. The van der Waals surface area contributed by atoms with E-state index in [9.17, 15) is 4.79 Å². The van der Waals surface area contributed by atoms with Crippen LogP contribution in [0.2, 0.25) is 0 Å². The molecule has 3 nitrogen and oxygen atoms in total. The Kier molecular flexibility index (Phi) is 4.22. The Labute approximate surface area is 98.6 Å². The van der Waals surface area contributed by atoms with E-state index >= 15 is 0 Å². The first-order valence-electron chi connectivity index (χ1n) is 6.74. The third-order valence-corrected chi connectivity index (χ3v) is 4.24. The normalized spacial score (nSPS) is 22.8. The summed E-state index contributed by atoms with van der Waals surface area (Å²) in [6, 6.07) is 0.482. The molecule has 1 N–H and O–H groups in total. The van der Waals surface area contributed by atoms with Crippen LogP contribution in [0.25, 0.3) is 0 Å². The maximum atomic E-state index is 12.0. The van der Waals surface area contributed by atoms with Gasteiger partial charge in [0, 0.05) is 19.5 Å². The molecular formula is C13H24N2O. The van der Waals surface area contributed by atoms with Crippen LogP contribution in [0.3, 0.4) is 0 Å². The average Bonchev–Trinajstić information content (AvgIpc) is 2.27. The number of amides is 1. The topological polar surface area (TPSA) is 32.3 Å². The van der Waals surface area contributed by atoms with Crippen molar-refractivity contribution >= 4 is 5.91 Å². The van der Waals surface area contributed by atoms with Crippen LogP contribution in [0.1, 0.15) is 44.9 Å². The van der Waals surface area contributed by atoms with Crippen LogP contribution in [0.15, 0.2) is 0 Å². The average molecular weight is 224 g/mol. The highest BCUT2D eigenvalue weighted by atomic mass is 16.2. The Balaban J connectivity index is 1.69. The highest BCUT2D eigenvalue weighted by Gasteiger charge is 2.23. The number of hydrogen-bond donors (Lipinski definition) is 1. The van der Waals surface area contributed by atoms with E-state index in [1.165, 1.54) is 19.3 Å². The third kappa shape index (κ3) is 2.97. The molecule has 0 aromatic heterocycles. The lowest BCUT2D eigenvalue weighted by Crippen LogP contribution is -2.44. The van der Waals surface area contributed by atoms with Crippen molar-refractivity contribution in [2.45, 2.75) is 51.0 Å². The minimum absolute atomic E-state index is 0.360. The van der Waals surface area contributed by atoms with Crippen LogP contribution >= 0.6 is 0 Å². The van der Waals surface area contributed by atoms with Crippen LogP contribution in [0.5, 0.6) is 0 Å². The molecule has 92 valence electrons. The zero-order valence-corrected chi connectivity index (χ0v) is 10.4. The van der Waals surface area contributed by atoms with Gasteiger partial charge in [0.2, 0.25) is 5.91 Å². The second kappa shape index (κ2) is 5.67. The predicted octanol–water partition coefficient (Wildman–Crippen LogP) is 1.78. The molecule has 0 bridgehead atoms. The number of carbonyl (C=O) groups is 1. The molecule has 0 spiro atoms. The summed E-state index contributed by atoms with van der Waals surface area (Å²) in [7, 11) is 1.99. The van der Waals surface area contributed by atoms with E-state index in [4.69, 9.17) is 0 Å². The van der Waals surface area contributed by atoms with E-state index in [-0.39, 0.29) is 0 Å². The highest BCUT2D eigenvalue weighted by molar-refractivity contribution is 5.76. The van der Waals surface area contributed by atoms with Crippen LogP contribution < -0.4 is 5.32 Å². The number of hydrogen-bond acceptors (Lipinski definition) is 2. The summed E-state index contributed by atoms with van der Waals surface area (Å²) in [6.07, 6.45) is 8.20. The van der Waals surface area contributed by atoms with Crippen molar-refractivity contribution in [3.8, 4) is 0 Å². The summed E-state index contributed by atoms with van der Waals surface area (Å²) >= 11 is 0. The molecule has 0 aromatic carbocycles.